The summed E-state index contributed by atoms with van der Waals surface area (Å²) >= 11 is 5.69. The van der Waals surface area contributed by atoms with Crippen LogP contribution in [0.1, 0.15) is 5.56 Å². The first-order valence-electron chi connectivity index (χ1n) is 3.61. The Morgan fingerprint density at radius 3 is 2.77 bits per heavy atom. The highest BCUT2D eigenvalue weighted by atomic mass is 35.5. The molecule has 0 atom stereocenters. The average molecular weight is 204 g/mol. The molecular weight excluding hydrogens is 194 g/mol. The average Bonchev–Trinajstić information content (AvgIpc) is 2.13. The van der Waals surface area contributed by atoms with Gasteiger partial charge in [-0.15, -0.1) is 0 Å². The molecule has 0 aromatic heterocycles. The maximum Gasteiger partial charge on any atom is 0.139 e. The highest BCUT2D eigenvalue weighted by Gasteiger charge is 2.07. The molecule has 72 valence electrons. The molecule has 1 aromatic carbocycles. The number of aromatic hydroxyl groups is 1. The minimum absolute atomic E-state index is 0.0518. The molecule has 0 heterocycles. The van der Waals surface area contributed by atoms with Gasteiger partial charge < -0.3 is 15.1 Å². The monoisotopic (exact) mass is 203 g/mol. The molecule has 0 aliphatic carbocycles. The molecule has 0 unspecified atom stereocenters. The molecule has 3 N–H and O–H groups in total. The predicted octanol–water partition coefficient (Wildman–Crippen LogP) is 1.53. The van der Waals surface area contributed by atoms with Gasteiger partial charge in [0.1, 0.15) is 11.5 Å². The predicted molar refractivity (Wildman–Crippen MR) is 48.3 cm³/mol. The lowest BCUT2D eigenvalue weighted by Gasteiger charge is -2.07. The summed E-state index contributed by atoms with van der Waals surface area (Å²) in [7, 11) is 1.50. The third-order valence-electron chi connectivity index (χ3n) is 1.62. The van der Waals surface area contributed by atoms with Crippen LogP contribution in [0.4, 0.5) is 0 Å². The first-order chi connectivity index (χ1) is 6.19. The highest BCUT2D eigenvalue weighted by Crippen LogP contribution is 2.31. The van der Waals surface area contributed by atoms with Crippen LogP contribution < -0.4 is 10.2 Å². The van der Waals surface area contributed by atoms with Gasteiger partial charge in [-0.2, -0.15) is 0 Å². The molecular formula is C8H10ClNO3. The summed E-state index contributed by atoms with van der Waals surface area (Å²) < 4.78 is 4.93. The van der Waals surface area contributed by atoms with E-state index in [2.05, 4.69) is 0 Å². The van der Waals surface area contributed by atoms with Crippen molar-refractivity contribution in [1.82, 2.24) is 5.48 Å². The van der Waals surface area contributed by atoms with E-state index in [-0.39, 0.29) is 17.3 Å². The smallest absolute Gasteiger partial charge is 0.139 e. The van der Waals surface area contributed by atoms with Crippen molar-refractivity contribution in [2.24, 2.45) is 0 Å². The van der Waals surface area contributed by atoms with Crippen LogP contribution in [0.25, 0.3) is 0 Å². The Morgan fingerprint density at radius 1 is 1.54 bits per heavy atom. The van der Waals surface area contributed by atoms with Crippen molar-refractivity contribution in [3.05, 3.63) is 22.7 Å². The zero-order valence-corrected chi connectivity index (χ0v) is 7.80. The number of benzene rings is 1. The van der Waals surface area contributed by atoms with Crippen molar-refractivity contribution < 1.29 is 15.1 Å². The Kier molecular flexibility index (Phi) is 3.36. The van der Waals surface area contributed by atoms with E-state index < -0.39 is 0 Å². The number of hydrogen-bond donors (Lipinski definition) is 3. The number of ether oxygens (including phenoxy) is 1. The molecule has 0 saturated carbocycles. The first-order valence-corrected chi connectivity index (χ1v) is 3.99. The Morgan fingerprint density at radius 2 is 2.23 bits per heavy atom. The lowest BCUT2D eigenvalue weighted by molar-refractivity contribution is 0.160. The number of phenolic OH excluding ortho intramolecular Hbond substituents is 1. The fourth-order valence-electron chi connectivity index (χ4n) is 0.966. The van der Waals surface area contributed by atoms with Gasteiger partial charge in [0.2, 0.25) is 0 Å². The van der Waals surface area contributed by atoms with Gasteiger partial charge in [0.05, 0.1) is 12.1 Å². The Balaban J connectivity index is 3.09. The van der Waals surface area contributed by atoms with Crippen LogP contribution in [0, 0.1) is 0 Å². The van der Waals surface area contributed by atoms with Gasteiger partial charge in [0, 0.05) is 18.2 Å². The quantitative estimate of drug-likeness (QED) is 0.652. The number of methoxy groups -OCH3 is 1. The number of hydroxylamine groups is 1. The second kappa shape index (κ2) is 4.32. The maximum atomic E-state index is 9.41. The van der Waals surface area contributed by atoms with Crippen molar-refractivity contribution >= 4 is 11.6 Å². The van der Waals surface area contributed by atoms with E-state index in [1.165, 1.54) is 13.2 Å². The molecule has 0 fully saturated rings. The molecule has 0 radical (unpaired) electrons. The van der Waals surface area contributed by atoms with Gasteiger partial charge in [-0.3, -0.25) is 0 Å². The molecule has 0 bridgehead atoms. The number of hydrogen-bond acceptors (Lipinski definition) is 4. The van der Waals surface area contributed by atoms with Crippen LogP contribution >= 0.6 is 11.6 Å². The fourth-order valence-corrected chi connectivity index (χ4v) is 1.20. The summed E-state index contributed by atoms with van der Waals surface area (Å²) in [4.78, 5) is 0. The normalized spacial score (nSPS) is 10.1. The lowest BCUT2D eigenvalue weighted by atomic mass is 10.2. The summed E-state index contributed by atoms with van der Waals surface area (Å²) in [6.45, 7) is 0.114. The van der Waals surface area contributed by atoms with Gasteiger partial charge >= 0.3 is 0 Å². The van der Waals surface area contributed by atoms with Crippen molar-refractivity contribution in [3.63, 3.8) is 0 Å². The number of rotatable bonds is 3. The minimum Gasteiger partial charge on any atom is -0.506 e. The molecule has 0 spiro atoms. The Bertz CT molecular complexity index is 304. The van der Waals surface area contributed by atoms with Crippen LogP contribution in [-0.4, -0.2) is 17.4 Å². The molecule has 0 amide bonds. The van der Waals surface area contributed by atoms with Gasteiger partial charge in [0.25, 0.3) is 0 Å². The van der Waals surface area contributed by atoms with Crippen molar-refractivity contribution in [3.8, 4) is 11.5 Å². The zero-order valence-electron chi connectivity index (χ0n) is 7.04. The van der Waals surface area contributed by atoms with E-state index in [0.29, 0.717) is 11.3 Å². The lowest BCUT2D eigenvalue weighted by Crippen LogP contribution is -2.06. The number of phenols is 1. The van der Waals surface area contributed by atoms with Gasteiger partial charge in [-0.05, 0) is 6.07 Å². The van der Waals surface area contributed by atoms with Crippen LogP contribution in [0.2, 0.25) is 5.02 Å². The molecule has 0 aliphatic rings. The van der Waals surface area contributed by atoms with Crippen LogP contribution in [0.5, 0.6) is 11.5 Å². The molecule has 0 aliphatic heterocycles. The molecule has 1 rings (SSSR count). The van der Waals surface area contributed by atoms with Crippen molar-refractivity contribution in [2.45, 2.75) is 6.54 Å². The van der Waals surface area contributed by atoms with Crippen molar-refractivity contribution in [1.29, 1.82) is 0 Å². The summed E-state index contributed by atoms with van der Waals surface area (Å²) in [5, 5.41) is 18.1. The van der Waals surface area contributed by atoms with E-state index in [1.54, 1.807) is 6.07 Å². The highest BCUT2D eigenvalue weighted by molar-refractivity contribution is 6.32. The van der Waals surface area contributed by atoms with E-state index >= 15 is 0 Å². The molecule has 1 aromatic rings. The van der Waals surface area contributed by atoms with E-state index in [0.717, 1.165) is 0 Å². The van der Waals surface area contributed by atoms with E-state index in [9.17, 15) is 5.11 Å². The summed E-state index contributed by atoms with van der Waals surface area (Å²) in [5.41, 5.74) is 2.41. The molecule has 5 heteroatoms. The summed E-state index contributed by atoms with van der Waals surface area (Å²) in [6, 6.07) is 3.09. The summed E-state index contributed by atoms with van der Waals surface area (Å²) in [6.07, 6.45) is 0. The van der Waals surface area contributed by atoms with Crippen molar-refractivity contribution in [2.75, 3.05) is 7.11 Å². The largest absolute Gasteiger partial charge is 0.506 e. The second-order valence-electron chi connectivity index (χ2n) is 2.45. The Labute approximate surface area is 80.7 Å². The standard InChI is InChI=1S/C8H10ClNO3/c1-13-6-2-5(4-10-12)8(11)7(9)3-6/h2-3,10-12H,4H2,1H3. The fraction of sp³-hybridized carbons (Fsp3) is 0.250. The minimum atomic E-state index is -0.0518. The Hall–Kier alpha value is -0.970. The topological polar surface area (TPSA) is 61.7 Å². The molecule has 0 saturated heterocycles. The SMILES string of the molecule is COc1cc(Cl)c(O)c(CNO)c1. The first kappa shape index (κ1) is 10.1. The summed E-state index contributed by atoms with van der Waals surface area (Å²) in [5.74, 6) is 0.483. The van der Waals surface area contributed by atoms with E-state index in [4.69, 9.17) is 21.5 Å². The van der Waals surface area contributed by atoms with Crippen LogP contribution in [-0.2, 0) is 6.54 Å². The van der Waals surface area contributed by atoms with E-state index in [1.807, 2.05) is 5.48 Å². The van der Waals surface area contributed by atoms with Crippen LogP contribution in [0.3, 0.4) is 0 Å². The van der Waals surface area contributed by atoms with Crippen LogP contribution in [0.15, 0.2) is 12.1 Å². The van der Waals surface area contributed by atoms with Gasteiger partial charge in [-0.1, -0.05) is 11.6 Å². The maximum absolute atomic E-state index is 9.41. The number of halogens is 1. The molecule has 4 nitrogen and oxygen atoms in total. The third kappa shape index (κ3) is 2.24. The zero-order chi connectivity index (χ0) is 9.84. The molecule has 13 heavy (non-hydrogen) atoms. The third-order valence-corrected chi connectivity index (χ3v) is 1.91. The van der Waals surface area contributed by atoms with Gasteiger partial charge in [-0.25, -0.2) is 5.48 Å². The number of nitrogens with one attached hydrogen (secondary N) is 1. The van der Waals surface area contributed by atoms with Gasteiger partial charge in [0.15, 0.2) is 0 Å². The second-order valence-corrected chi connectivity index (χ2v) is 2.86.